The predicted octanol–water partition coefficient (Wildman–Crippen LogP) is 1.77. The van der Waals surface area contributed by atoms with E-state index in [2.05, 4.69) is 31.4 Å². The predicted molar refractivity (Wildman–Crippen MR) is 75.9 cm³/mol. The Morgan fingerprint density at radius 1 is 1.32 bits per heavy atom. The van der Waals surface area contributed by atoms with Crippen LogP contribution in [0.5, 0.6) is 0 Å². The number of anilines is 1. The van der Waals surface area contributed by atoms with Gasteiger partial charge in [0.25, 0.3) is 5.56 Å². The first-order valence-corrected chi connectivity index (χ1v) is 6.37. The molecule has 0 aliphatic carbocycles. The maximum absolute atomic E-state index is 12.2. The van der Waals surface area contributed by atoms with Crippen LogP contribution in [0.1, 0.15) is 0 Å². The Kier molecular flexibility index (Phi) is 2.83. The normalized spacial score (nSPS) is 10.8. The smallest absolute Gasteiger partial charge is 0.283 e. The van der Waals surface area contributed by atoms with E-state index in [0.29, 0.717) is 11.0 Å². The van der Waals surface area contributed by atoms with Gasteiger partial charge in [-0.05, 0) is 28.1 Å². The molecular weight excluding hydrogens is 310 g/mol. The van der Waals surface area contributed by atoms with Gasteiger partial charge in [0.15, 0.2) is 5.65 Å². The van der Waals surface area contributed by atoms with Crippen LogP contribution >= 0.6 is 15.9 Å². The lowest BCUT2D eigenvalue weighted by Gasteiger charge is -2.10. The Labute approximate surface area is 116 Å². The topological polar surface area (TPSA) is 64.7 Å². The SMILES string of the molecule is Cn1ncc2c(=O)n(Nc3ccccc3Br)cnc21. The molecule has 3 aromatic rings. The molecule has 0 bridgehead atoms. The molecule has 6 nitrogen and oxygen atoms in total. The minimum absolute atomic E-state index is 0.186. The number of nitrogens with zero attached hydrogens (tertiary/aromatic N) is 4. The van der Waals surface area contributed by atoms with Crippen molar-refractivity contribution in [1.29, 1.82) is 0 Å². The van der Waals surface area contributed by atoms with Gasteiger partial charge in [-0.15, -0.1) is 0 Å². The molecule has 0 unspecified atom stereocenters. The Morgan fingerprint density at radius 2 is 2.11 bits per heavy atom. The molecule has 0 radical (unpaired) electrons. The number of nitrogens with one attached hydrogen (secondary N) is 1. The number of aromatic nitrogens is 4. The van der Waals surface area contributed by atoms with Gasteiger partial charge in [-0.3, -0.25) is 14.9 Å². The van der Waals surface area contributed by atoms with E-state index in [1.54, 1.807) is 11.7 Å². The molecule has 0 amide bonds. The Morgan fingerprint density at radius 3 is 2.89 bits per heavy atom. The van der Waals surface area contributed by atoms with Crippen molar-refractivity contribution in [2.45, 2.75) is 0 Å². The van der Waals surface area contributed by atoms with Gasteiger partial charge in [0, 0.05) is 11.5 Å². The summed E-state index contributed by atoms with van der Waals surface area (Å²) >= 11 is 3.42. The van der Waals surface area contributed by atoms with Crippen LogP contribution in [0.25, 0.3) is 11.0 Å². The van der Waals surface area contributed by atoms with Crippen LogP contribution in [0.4, 0.5) is 5.69 Å². The molecule has 0 saturated heterocycles. The van der Waals surface area contributed by atoms with Crippen molar-refractivity contribution >= 4 is 32.7 Å². The minimum atomic E-state index is -0.186. The Hall–Kier alpha value is -2.15. The van der Waals surface area contributed by atoms with Gasteiger partial charge in [-0.2, -0.15) is 5.10 Å². The number of hydrogen-bond acceptors (Lipinski definition) is 4. The maximum atomic E-state index is 12.2. The van der Waals surface area contributed by atoms with E-state index in [1.807, 2.05) is 24.3 Å². The molecule has 2 heterocycles. The fourth-order valence-corrected chi connectivity index (χ4v) is 2.16. The van der Waals surface area contributed by atoms with Crippen molar-refractivity contribution in [3.8, 4) is 0 Å². The maximum Gasteiger partial charge on any atom is 0.283 e. The lowest BCUT2D eigenvalue weighted by atomic mass is 10.3. The monoisotopic (exact) mass is 319 g/mol. The van der Waals surface area contributed by atoms with Crippen LogP contribution in [0, 0.1) is 0 Å². The van der Waals surface area contributed by atoms with E-state index >= 15 is 0 Å². The molecule has 0 saturated carbocycles. The molecule has 2 aromatic heterocycles. The second kappa shape index (κ2) is 4.51. The first kappa shape index (κ1) is 11.9. The summed E-state index contributed by atoms with van der Waals surface area (Å²) in [5, 5.41) is 4.50. The number of hydrogen-bond donors (Lipinski definition) is 1. The van der Waals surface area contributed by atoms with Crippen LogP contribution < -0.4 is 11.0 Å². The minimum Gasteiger partial charge on any atom is -0.289 e. The third-order valence-corrected chi connectivity index (χ3v) is 3.46. The Bertz CT molecular complexity index is 807. The standard InChI is InChI=1S/C12H10BrN5O/c1-17-11-8(6-15-17)12(19)18(7-14-11)16-10-5-3-2-4-9(10)13/h2-7,16H,1H3. The third-order valence-electron chi connectivity index (χ3n) is 2.77. The highest BCUT2D eigenvalue weighted by Gasteiger charge is 2.08. The zero-order valence-electron chi connectivity index (χ0n) is 10.0. The lowest BCUT2D eigenvalue weighted by Crippen LogP contribution is -2.26. The second-order valence-electron chi connectivity index (χ2n) is 4.02. The summed E-state index contributed by atoms with van der Waals surface area (Å²) in [6.45, 7) is 0. The Balaban J connectivity index is 2.09. The molecule has 3 rings (SSSR count). The molecule has 7 heteroatoms. The molecule has 0 fully saturated rings. The number of fused-ring (bicyclic) bond motifs is 1. The fraction of sp³-hybridized carbons (Fsp3) is 0.0833. The van der Waals surface area contributed by atoms with Gasteiger partial charge in [0.1, 0.15) is 11.7 Å². The largest absolute Gasteiger partial charge is 0.289 e. The number of rotatable bonds is 2. The molecule has 0 aliphatic heterocycles. The van der Waals surface area contributed by atoms with Gasteiger partial charge < -0.3 is 0 Å². The van der Waals surface area contributed by atoms with Crippen LogP contribution in [0.2, 0.25) is 0 Å². The molecular formula is C12H10BrN5O. The van der Waals surface area contributed by atoms with Crippen molar-refractivity contribution in [1.82, 2.24) is 19.4 Å². The number of para-hydroxylation sites is 1. The molecule has 0 atom stereocenters. The van der Waals surface area contributed by atoms with Gasteiger partial charge in [0.05, 0.1) is 11.9 Å². The van der Waals surface area contributed by atoms with Crippen molar-refractivity contribution in [3.05, 3.63) is 51.6 Å². The van der Waals surface area contributed by atoms with Crippen molar-refractivity contribution in [2.24, 2.45) is 7.05 Å². The molecule has 1 aromatic carbocycles. The summed E-state index contributed by atoms with van der Waals surface area (Å²) in [4.78, 5) is 16.5. The molecule has 0 spiro atoms. The van der Waals surface area contributed by atoms with E-state index in [4.69, 9.17) is 0 Å². The lowest BCUT2D eigenvalue weighted by molar-refractivity contribution is 0.779. The van der Waals surface area contributed by atoms with Gasteiger partial charge in [-0.25, -0.2) is 9.66 Å². The van der Waals surface area contributed by atoms with Crippen LogP contribution in [0.15, 0.2) is 46.1 Å². The first-order chi connectivity index (χ1) is 9.16. The zero-order chi connectivity index (χ0) is 13.4. The zero-order valence-corrected chi connectivity index (χ0v) is 11.6. The summed E-state index contributed by atoms with van der Waals surface area (Å²) in [5.41, 5.74) is 4.17. The van der Waals surface area contributed by atoms with E-state index in [0.717, 1.165) is 10.2 Å². The average molecular weight is 320 g/mol. The van der Waals surface area contributed by atoms with Crippen LogP contribution in [-0.2, 0) is 7.05 Å². The van der Waals surface area contributed by atoms with Crippen molar-refractivity contribution < 1.29 is 0 Å². The summed E-state index contributed by atoms with van der Waals surface area (Å²) in [6.07, 6.45) is 2.97. The summed E-state index contributed by atoms with van der Waals surface area (Å²) in [6, 6.07) is 7.54. The number of benzene rings is 1. The number of halogens is 1. The highest BCUT2D eigenvalue weighted by Crippen LogP contribution is 2.20. The molecule has 19 heavy (non-hydrogen) atoms. The van der Waals surface area contributed by atoms with Gasteiger partial charge in [0.2, 0.25) is 0 Å². The van der Waals surface area contributed by atoms with Gasteiger partial charge in [-0.1, -0.05) is 12.1 Å². The third kappa shape index (κ3) is 2.01. The number of aryl methyl sites for hydroxylation is 1. The fourth-order valence-electron chi connectivity index (χ4n) is 1.79. The molecule has 1 N–H and O–H groups in total. The van der Waals surface area contributed by atoms with E-state index in [9.17, 15) is 4.79 Å². The van der Waals surface area contributed by atoms with Crippen molar-refractivity contribution in [2.75, 3.05) is 5.43 Å². The molecule has 0 aliphatic rings. The van der Waals surface area contributed by atoms with E-state index in [1.165, 1.54) is 17.2 Å². The molecule has 96 valence electrons. The first-order valence-electron chi connectivity index (χ1n) is 5.58. The highest BCUT2D eigenvalue weighted by molar-refractivity contribution is 9.10. The highest BCUT2D eigenvalue weighted by atomic mass is 79.9. The summed E-state index contributed by atoms with van der Waals surface area (Å²) in [5.74, 6) is 0. The summed E-state index contributed by atoms with van der Waals surface area (Å²) in [7, 11) is 1.75. The van der Waals surface area contributed by atoms with Crippen LogP contribution in [0.3, 0.4) is 0 Å². The van der Waals surface area contributed by atoms with Gasteiger partial charge >= 0.3 is 0 Å². The van der Waals surface area contributed by atoms with E-state index in [-0.39, 0.29) is 5.56 Å². The quantitative estimate of drug-likeness (QED) is 0.781. The van der Waals surface area contributed by atoms with E-state index < -0.39 is 0 Å². The van der Waals surface area contributed by atoms with Crippen molar-refractivity contribution in [3.63, 3.8) is 0 Å². The average Bonchev–Trinajstić information content (AvgIpc) is 2.78. The second-order valence-corrected chi connectivity index (χ2v) is 4.87. The summed E-state index contributed by atoms with van der Waals surface area (Å²) < 4.78 is 3.78. The van der Waals surface area contributed by atoms with Crippen LogP contribution in [-0.4, -0.2) is 19.4 Å².